The first-order valence-corrected chi connectivity index (χ1v) is 7.47. The summed E-state index contributed by atoms with van der Waals surface area (Å²) >= 11 is 0. The molecule has 0 aliphatic heterocycles. The van der Waals surface area contributed by atoms with Crippen LogP contribution in [0.3, 0.4) is 0 Å². The highest BCUT2D eigenvalue weighted by atomic mass is 16.4. The molecule has 5 nitrogen and oxygen atoms in total. The topological polar surface area (TPSA) is 78.4 Å². The van der Waals surface area contributed by atoms with Crippen LogP contribution in [0.1, 0.15) is 47.5 Å². The second kappa shape index (κ2) is 9.61. The number of hydrogen-bond donors (Lipinski definition) is 3. The molecule has 0 fully saturated rings. The van der Waals surface area contributed by atoms with E-state index in [1.807, 2.05) is 6.92 Å². The van der Waals surface area contributed by atoms with Gasteiger partial charge >= 0.3 is 12.0 Å². The Labute approximate surface area is 122 Å². The van der Waals surface area contributed by atoms with Crippen molar-refractivity contribution in [3.8, 4) is 0 Å². The Morgan fingerprint density at radius 2 is 1.45 bits per heavy atom. The highest BCUT2D eigenvalue weighted by Crippen LogP contribution is 2.19. The first kappa shape index (κ1) is 18.7. The van der Waals surface area contributed by atoms with Crippen LogP contribution in [-0.4, -0.2) is 30.2 Å². The van der Waals surface area contributed by atoms with Gasteiger partial charge in [0.05, 0.1) is 0 Å². The Kier molecular flexibility index (Phi) is 9.01. The van der Waals surface area contributed by atoms with E-state index in [0.29, 0.717) is 37.3 Å². The molecule has 0 rings (SSSR count). The van der Waals surface area contributed by atoms with Gasteiger partial charge in [0, 0.05) is 19.5 Å². The van der Waals surface area contributed by atoms with Crippen molar-refractivity contribution in [3.63, 3.8) is 0 Å². The zero-order valence-electron chi connectivity index (χ0n) is 13.4. The molecule has 118 valence electrons. The number of amides is 2. The molecule has 0 aliphatic carbocycles. The van der Waals surface area contributed by atoms with Gasteiger partial charge in [0.1, 0.15) is 0 Å². The molecule has 0 spiro atoms. The van der Waals surface area contributed by atoms with Gasteiger partial charge in [0.2, 0.25) is 0 Å². The molecule has 0 saturated heterocycles. The predicted molar refractivity (Wildman–Crippen MR) is 80.6 cm³/mol. The fourth-order valence-electron chi connectivity index (χ4n) is 2.25. The molecule has 0 radical (unpaired) electrons. The molecule has 0 aliphatic rings. The first-order chi connectivity index (χ1) is 9.23. The second-order valence-electron chi connectivity index (χ2n) is 6.28. The maximum absolute atomic E-state index is 11.7. The van der Waals surface area contributed by atoms with Crippen LogP contribution in [0, 0.1) is 23.7 Å². The van der Waals surface area contributed by atoms with Crippen LogP contribution in [0.2, 0.25) is 0 Å². The smallest absolute Gasteiger partial charge is 0.314 e. The van der Waals surface area contributed by atoms with E-state index in [1.165, 1.54) is 0 Å². The van der Waals surface area contributed by atoms with Gasteiger partial charge in [0.25, 0.3) is 0 Å². The maximum Gasteiger partial charge on any atom is 0.314 e. The normalized spacial score (nSPS) is 12.8. The molecule has 1 unspecified atom stereocenters. The third-order valence-electron chi connectivity index (χ3n) is 3.67. The number of rotatable bonds is 9. The summed E-state index contributed by atoms with van der Waals surface area (Å²) in [5, 5.41) is 14.3. The van der Waals surface area contributed by atoms with Gasteiger partial charge in [-0.1, -0.05) is 34.6 Å². The minimum Gasteiger partial charge on any atom is -0.481 e. The molecule has 0 heterocycles. The zero-order valence-corrected chi connectivity index (χ0v) is 13.4. The SMILES string of the molecule is CC(CCC(=O)O)CNC(=O)NCC(C(C)C)C(C)C. The number of nitrogens with one attached hydrogen (secondary N) is 2. The number of carbonyl (C=O) groups excluding carboxylic acids is 1. The summed E-state index contributed by atoms with van der Waals surface area (Å²) in [4.78, 5) is 22.1. The van der Waals surface area contributed by atoms with Gasteiger partial charge < -0.3 is 15.7 Å². The third kappa shape index (κ3) is 8.77. The highest BCUT2D eigenvalue weighted by Gasteiger charge is 2.18. The van der Waals surface area contributed by atoms with Crippen LogP contribution >= 0.6 is 0 Å². The largest absolute Gasteiger partial charge is 0.481 e. The predicted octanol–water partition coefficient (Wildman–Crippen LogP) is 2.71. The lowest BCUT2D eigenvalue weighted by Crippen LogP contribution is -2.41. The molecule has 0 saturated carbocycles. The number of carboxylic acids is 1. The van der Waals surface area contributed by atoms with Crippen molar-refractivity contribution in [2.45, 2.75) is 47.5 Å². The molecule has 0 aromatic rings. The fourth-order valence-corrected chi connectivity index (χ4v) is 2.25. The van der Waals surface area contributed by atoms with Crippen molar-refractivity contribution in [2.75, 3.05) is 13.1 Å². The van der Waals surface area contributed by atoms with E-state index < -0.39 is 5.97 Å². The van der Waals surface area contributed by atoms with Crippen LogP contribution in [0.4, 0.5) is 4.79 Å². The van der Waals surface area contributed by atoms with Gasteiger partial charge in [0.15, 0.2) is 0 Å². The Morgan fingerprint density at radius 3 is 1.90 bits per heavy atom. The van der Waals surface area contributed by atoms with Crippen LogP contribution in [0.5, 0.6) is 0 Å². The molecule has 20 heavy (non-hydrogen) atoms. The molecule has 0 aromatic heterocycles. The van der Waals surface area contributed by atoms with Gasteiger partial charge in [-0.05, 0) is 30.1 Å². The van der Waals surface area contributed by atoms with Crippen LogP contribution in [-0.2, 0) is 4.79 Å². The molecule has 5 heteroatoms. The maximum atomic E-state index is 11.7. The average molecular weight is 286 g/mol. The van der Waals surface area contributed by atoms with Crippen LogP contribution in [0.25, 0.3) is 0 Å². The van der Waals surface area contributed by atoms with Crippen molar-refractivity contribution in [2.24, 2.45) is 23.7 Å². The van der Waals surface area contributed by atoms with Crippen molar-refractivity contribution < 1.29 is 14.7 Å². The molecule has 2 amide bonds. The summed E-state index contributed by atoms with van der Waals surface area (Å²) in [6.45, 7) is 11.8. The van der Waals surface area contributed by atoms with Gasteiger partial charge in [-0.2, -0.15) is 0 Å². The Hall–Kier alpha value is -1.26. The molecule has 0 bridgehead atoms. The van der Waals surface area contributed by atoms with Gasteiger partial charge in [-0.15, -0.1) is 0 Å². The summed E-state index contributed by atoms with van der Waals surface area (Å²) in [5.74, 6) is 0.903. The van der Waals surface area contributed by atoms with E-state index >= 15 is 0 Å². The molecular formula is C15H30N2O3. The number of hydrogen-bond acceptors (Lipinski definition) is 2. The first-order valence-electron chi connectivity index (χ1n) is 7.47. The highest BCUT2D eigenvalue weighted by molar-refractivity contribution is 5.73. The second-order valence-corrected chi connectivity index (χ2v) is 6.28. The zero-order chi connectivity index (χ0) is 15.7. The van der Waals surface area contributed by atoms with E-state index in [9.17, 15) is 9.59 Å². The lowest BCUT2D eigenvalue weighted by Gasteiger charge is -2.25. The number of aliphatic carboxylic acids is 1. The van der Waals surface area contributed by atoms with Crippen molar-refractivity contribution in [1.29, 1.82) is 0 Å². The molecular weight excluding hydrogens is 256 g/mol. The van der Waals surface area contributed by atoms with E-state index in [2.05, 4.69) is 38.3 Å². The van der Waals surface area contributed by atoms with Crippen molar-refractivity contribution in [1.82, 2.24) is 10.6 Å². The number of carbonyl (C=O) groups is 2. The van der Waals surface area contributed by atoms with Crippen molar-refractivity contribution in [3.05, 3.63) is 0 Å². The standard InChI is InChI=1S/C15H30N2O3/c1-10(2)13(11(3)4)9-17-15(20)16-8-12(5)6-7-14(18)19/h10-13H,6-9H2,1-5H3,(H,18,19)(H2,16,17,20). The summed E-state index contributed by atoms with van der Waals surface area (Å²) in [6, 6.07) is -0.168. The molecule has 0 aromatic carbocycles. The van der Waals surface area contributed by atoms with Crippen molar-refractivity contribution >= 4 is 12.0 Å². The quantitative estimate of drug-likeness (QED) is 0.610. The summed E-state index contributed by atoms with van der Waals surface area (Å²) in [5.41, 5.74) is 0. The summed E-state index contributed by atoms with van der Waals surface area (Å²) < 4.78 is 0. The third-order valence-corrected chi connectivity index (χ3v) is 3.67. The minimum atomic E-state index is -0.794. The monoisotopic (exact) mass is 286 g/mol. The van der Waals surface area contributed by atoms with Crippen LogP contribution < -0.4 is 10.6 Å². The van der Waals surface area contributed by atoms with E-state index in [4.69, 9.17) is 5.11 Å². The number of carboxylic acid groups (broad SMARTS) is 1. The van der Waals surface area contributed by atoms with Gasteiger partial charge in [-0.25, -0.2) is 4.79 Å². The fraction of sp³-hybridized carbons (Fsp3) is 0.867. The summed E-state index contributed by atoms with van der Waals surface area (Å²) in [6.07, 6.45) is 0.726. The van der Waals surface area contributed by atoms with Gasteiger partial charge in [-0.3, -0.25) is 4.79 Å². The average Bonchev–Trinajstić information content (AvgIpc) is 2.33. The lowest BCUT2D eigenvalue weighted by molar-refractivity contribution is -0.137. The minimum absolute atomic E-state index is 0.146. The summed E-state index contributed by atoms with van der Waals surface area (Å²) in [7, 11) is 0. The molecule has 3 N–H and O–H groups in total. The van der Waals surface area contributed by atoms with E-state index in [1.54, 1.807) is 0 Å². The molecule has 1 atom stereocenters. The Bertz CT molecular complexity index is 295. The Morgan fingerprint density at radius 1 is 0.950 bits per heavy atom. The van der Waals surface area contributed by atoms with Crippen LogP contribution in [0.15, 0.2) is 0 Å². The lowest BCUT2D eigenvalue weighted by atomic mass is 9.85. The number of urea groups is 1. The Balaban J connectivity index is 3.90. The van der Waals surface area contributed by atoms with E-state index in [0.717, 1.165) is 0 Å². The van der Waals surface area contributed by atoms with E-state index in [-0.39, 0.29) is 18.4 Å².